The molecule has 0 spiro atoms. The number of carbonyl (C=O) groups is 1. The second-order valence-corrected chi connectivity index (χ2v) is 8.93. The van der Waals surface area contributed by atoms with Crippen LogP contribution in [0, 0.1) is 13.8 Å². The summed E-state index contributed by atoms with van der Waals surface area (Å²) in [7, 11) is 1.90. The van der Waals surface area contributed by atoms with Crippen LogP contribution in [0.2, 0.25) is 0 Å². The molecule has 1 aromatic heterocycles. The van der Waals surface area contributed by atoms with Crippen molar-refractivity contribution in [2.75, 3.05) is 11.5 Å². The van der Waals surface area contributed by atoms with Crippen molar-refractivity contribution in [2.45, 2.75) is 52.5 Å². The number of benzene rings is 2. The third-order valence-electron chi connectivity index (χ3n) is 6.70. The first-order chi connectivity index (χ1) is 16.0. The van der Waals surface area contributed by atoms with Crippen molar-refractivity contribution in [3.8, 4) is 5.75 Å². The number of ether oxygens (including phenoxy) is 1. The molecular weight excluding hydrogens is 412 g/mol. The number of aryl methyl sites for hydroxylation is 3. The van der Waals surface area contributed by atoms with E-state index in [4.69, 9.17) is 4.74 Å². The Bertz CT molecular complexity index is 1260. The van der Waals surface area contributed by atoms with E-state index in [-0.39, 0.29) is 11.9 Å². The minimum absolute atomic E-state index is 0.0676. The number of carbonyl (C=O) groups excluding carboxylic acids is 1. The average molecular weight is 443 g/mol. The fourth-order valence-corrected chi connectivity index (χ4v) is 4.88. The lowest BCUT2D eigenvalue weighted by Crippen LogP contribution is -2.30. The number of rotatable bonds is 5. The van der Waals surface area contributed by atoms with Gasteiger partial charge in [-0.15, -0.1) is 0 Å². The van der Waals surface area contributed by atoms with Crippen LogP contribution in [0.15, 0.2) is 41.4 Å². The van der Waals surface area contributed by atoms with Crippen molar-refractivity contribution in [3.05, 3.63) is 70.0 Å². The highest BCUT2D eigenvalue weighted by molar-refractivity contribution is 6.11. The zero-order valence-corrected chi connectivity index (χ0v) is 19.8. The van der Waals surface area contributed by atoms with Crippen LogP contribution in [0.3, 0.4) is 0 Å². The molecule has 0 fully saturated rings. The molecule has 2 aromatic carbocycles. The van der Waals surface area contributed by atoms with E-state index in [0.717, 1.165) is 65.2 Å². The summed E-state index contributed by atoms with van der Waals surface area (Å²) in [6, 6.07) is 12.2. The molecule has 3 heterocycles. The summed E-state index contributed by atoms with van der Waals surface area (Å²) in [5, 5.41) is 4.58. The van der Waals surface area contributed by atoms with Gasteiger partial charge in [0.1, 0.15) is 5.75 Å². The summed E-state index contributed by atoms with van der Waals surface area (Å²) in [4.78, 5) is 20.2. The summed E-state index contributed by atoms with van der Waals surface area (Å²) < 4.78 is 7.65. The maximum absolute atomic E-state index is 13.7. The van der Waals surface area contributed by atoms with Crippen LogP contribution in [-0.2, 0) is 13.5 Å². The molecule has 5 rings (SSSR count). The monoisotopic (exact) mass is 442 g/mol. The normalized spacial score (nSPS) is 17.2. The topological polar surface area (TPSA) is 59.7 Å². The number of amides is 1. The van der Waals surface area contributed by atoms with Gasteiger partial charge in [0.15, 0.2) is 5.69 Å². The van der Waals surface area contributed by atoms with Crippen LogP contribution in [0.1, 0.15) is 70.7 Å². The average Bonchev–Trinajstić information content (AvgIpc) is 3.12. The van der Waals surface area contributed by atoms with Gasteiger partial charge in [-0.1, -0.05) is 19.1 Å². The molecule has 6 heteroatoms. The van der Waals surface area contributed by atoms with E-state index in [1.54, 1.807) is 0 Å². The second-order valence-electron chi connectivity index (χ2n) is 8.93. The zero-order valence-electron chi connectivity index (χ0n) is 19.8. The van der Waals surface area contributed by atoms with E-state index in [1.807, 2.05) is 35.8 Å². The quantitative estimate of drug-likeness (QED) is 0.516. The summed E-state index contributed by atoms with van der Waals surface area (Å²) >= 11 is 0. The van der Waals surface area contributed by atoms with Crippen LogP contribution < -0.4 is 9.64 Å². The number of hydrogen-bond acceptors (Lipinski definition) is 4. The fraction of sp³-hybridized carbons (Fsp3) is 0.370. The summed E-state index contributed by atoms with van der Waals surface area (Å²) in [6.45, 7) is 6.90. The number of nitrogens with zero attached hydrogens (tertiary/aromatic N) is 4. The molecule has 6 nitrogen and oxygen atoms in total. The zero-order chi connectivity index (χ0) is 23.1. The van der Waals surface area contributed by atoms with E-state index in [0.29, 0.717) is 12.3 Å². The molecule has 0 bridgehead atoms. The highest BCUT2D eigenvalue weighted by atomic mass is 16.5. The summed E-state index contributed by atoms with van der Waals surface area (Å²) in [5.41, 5.74) is 7.74. The van der Waals surface area contributed by atoms with Crippen molar-refractivity contribution >= 4 is 23.5 Å². The summed E-state index contributed by atoms with van der Waals surface area (Å²) in [6.07, 6.45) is 6.04. The Hall–Kier alpha value is -3.41. The number of aromatic nitrogens is 2. The third kappa shape index (κ3) is 3.63. The van der Waals surface area contributed by atoms with Gasteiger partial charge in [-0.05, 0) is 80.5 Å². The Labute approximate surface area is 194 Å². The Morgan fingerprint density at radius 2 is 2.00 bits per heavy atom. The second kappa shape index (κ2) is 8.50. The minimum atomic E-state index is -0.241. The molecule has 0 radical (unpaired) electrons. The Balaban J connectivity index is 1.63. The molecular formula is C27H30N4O2. The Kier molecular flexibility index (Phi) is 5.52. The SMILES string of the molecule is CCCOc1ccc(C2c3c(nn(C)c3C)C(=O)N2c2ccc3c(c2)N=CCCC3)c(C)c1. The predicted molar refractivity (Wildman–Crippen MR) is 131 cm³/mol. The number of hydrogen-bond donors (Lipinski definition) is 0. The van der Waals surface area contributed by atoms with E-state index in [2.05, 4.69) is 54.3 Å². The summed E-state index contributed by atoms with van der Waals surface area (Å²) in [5.74, 6) is 0.790. The molecule has 0 N–H and O–H groups in total. The van der Waals surface area contributed by atoms with Gasteiger partial charge in [-0.2, -0.15) is 5.10 Å². The molecule has 0 saturated heterocycles. The molecule has 170 valence electrons. The van der Waals surface area contributed by atoms with Crippen LogP contribution in [0.4, 0.5) is 11.4 Å². The lowest BCUT2D eigenvalue weighted by molar-refractivity contribution is 0.0988. The largest absolute Gasteiger partial charge is 0.494 e. The first-order valence-electron chi connectivity index (χ1n) is 11.8. The van der Waals surface area contributed by atoms with E-state index < -0.39 is 0 Å². The molecule has 33 heavy (non-hydrogen) atoms. The lowest BCUT2D eigenvalue weighted by atomic mass is 9.94. The van der Waals surface area contributed by atoms with Gasteiger partial charge in [0.05, 0.1) is 18.3 Å². The first kappa shape index (κ1) is 21.4. The van der Waals surface area contributed by atoms with Crippen molar-refractivity contribution < 1.29 is 9.53 Å². The Morgan fingerprint density at radius 1 is 1.15 bits per heavy atom. The van der Waals surface area contributed by atoms with Gasteiger partial charge in [-0.25, -0.2) is 0 Å². The van der Waals surface area contributed by atoms with Crippen LogP contribution in [0.25, 0.3) is 0 Å². The van der Waals surface area contributed by atoms with E-state index in [1.165, 1.54) is 5.56 Å². The van der Waals surface area contributed by atoms with Gasteiger partial charge in [0.25, 0.3) is 5.91 Å². The van der Waals surface area contributed by atoms with Gasteiger partial charge in [-0.3, -0.25) is 19.4 Å². The van der Waals surface area contributed by atoms with Crippen molar-refractivity contribution in [2.24, 2.45) is 12.0 Å². The molecule has 0 saturated carbocycles. The van der Waals surface area contributed by atoms with Crippen molar-refractivity contribution in [3.63, 3.8) is 0 Å². The highest BCUT2D eigenvalue weighted by Crippen LogP contribution is 2.45. The van der Waals surface area contributed by atoms with Crippen LogP contribution >= 0.6 is 0 Å². The first-order valence-corrected chi connectivity index (χ1v) is 11.8. The number of aliphatic imine (C=N–C) groups is 1. The molecule has 1 unspecified atom stereocenters. The van der Waals surface area contributed by atoms with Gasteiger partial charge >= 0.3 is 0 Å². The van der Waals surface area contributed by atoms with Gasteiger partial charge in [0.2, 0.25) is 0 Å². The van der Waals surface area contributed by atoms with Crippen LogP contribution in [0.5, 0.6) is 5.75 Å². The van der Waals surface area contributed by atoms with Gasteiger partial charge in [0, 0.05) is 30.2 Å². The lowest BCUT2D eigenvalue weighted by Gasteiger charge is -2.28. The Morgan fingerprint density at radius 3 is 2.79 bits per heavy atom. The molecule has 2 aliphatic rings. The predicted octanol–water partition coefficient (Wildman–Crippen LogP) is 5.61. The number of fused-ring (bicyclic) bond motifs is 2. The highest BCUT2D eigenvalue weighted by Gasteiger charge is 2.43. The minimum Gasteiger partial charge on any atom is -0.494 e. The number of anilines is 1. The molecule has 1 amide bonds. The molecule has 2 aliphatic heterocycles. The maximum Gasteiger partial charge on any atom is 0.280 e. The molecule has 3 aromatic rings. The standard InChI is InChI=1S/C27H30N4O2/c1-5-14-33-21-11-12-22(17(2)15-21)26-24-18(3)30(4)29-25(24)27(32)31(26)20-10-9-19-8-6-7-13-28-23(19)16-20/h9-13,15-16,26H,5-8,14H2,1-4H3. The molecule has 0 aliphatic carbocycles. The molecule has 1 atom stereocenters. The van der Waals surface area contributed by atoms with E-state index in [9.17, 15) is 4.79 Å². The van der Waals surface area contributed by atoms with Crippen molar-refractivity contribution in [1.29, 1.82) is 0 Å². The van der Waals surface area contributed by atoms with Crippen molar-refractivity contribution in [1.82, 2.24) is 9.78 Å². The third-order valence-corrected chi connectivity index (χ3v) is 6.70. The maximum atomic E-state index is 13.7. The smallest absolute Gasteiger partial charge is 0.280 e. The van der Waals surface area contributed by atoms with Crippen LogP contribution in [-0.4, -0.2) is 28.5 Å². The fourth-order valence-electron chi connectivity index (χ4n) is 4.88. The van der Waals surface area contributed by atoms with Gasteiger partial charge < -0.3 is 4.74 Å². The van der Waals surface area contributed by atoms with E-state index >= 15 is 0 Å².